The number of carboxylic acid groups (broad SMARTS) is 1. The monoisotopic (exact) mass is 414 g/mol. The smallest absolute Gasteiger partial charge is 0.324 e. The molecular weight excluding hydrogens is 388 g/mol. The number of carbonyl (C=O) groups is 4. The summed E-state index contributed by atoms with van der Waals surface area (Å²) in [4.78, 5) is 49.0. The lowest BCUT2D eigenvalue weighted by Crippen LogP contribution is -2.56. The van der Waals surface area contributed by atoms with Gasteiger partial charge in [0, 0.05) is 13.0 Å². The van der Waals surface area contributed by atoms with Gasteiger partial charge in [-0.3, -0.25) is 29.8 Å². The second-order valence-corrected chi connectivity index (χ2v) is 8.63. The number of esters is 1. The lowest BCUT2D eigenvalue weighted by molar-refractivity contribution is -0.150. The lowest BCUT2D eigenvalue weighted by Gasteiger charge is -2.35. The molecule has 1 aliphatic carbocycles. The summed E-state index contributed by atoms with van der Waals surface area (Å²) in [5.74, 6) is -3.68. The second kappa shape index (κ2) is 7.83. The van der Waals surface area contributed by atoms with E-state index in [1.807, 2.05) is 0 Å². The molecule has 1 aromatic carbocycles. The predicted molar refractivity (Wildman–Crippen MR) is 105 cm³/mol. The minimum atomic E-state index is -1.48. The van der Waals surface area contributed by atoms with Gasteiger partial charge in [0.15, 0.2) is 0 Å². The number of amides is 2. The number of carbonyl (C=O) groups excluding carboxylic acids is 3. The highest BCUT2D eigenvalue weighted by Gasteiger charge is 2.66. The van der Waals surface area contributed by atoms with Crippen molar-refractivity contribution < 1.29 is 29.0 Å². The number of hydrogen-bond acceptors (Lipinski definition) is 6. The van der Waals surface area contributed by atoms with Crippen LogP contribution in [0.25, 0.3) is 0 Å². The maximum atomic E-state index is 12.7. The number of rotatable bonds is 5. The van der Waals surface area contributed by atoms with Crippen molar-refractivity contribution in [1.82, 2.24) is 10.6 Å². The van der Waals surface area contributed by atoms with Crippen LogP contribution >= 0.6 is 0 Å². The number of carboxylic acids is 1. The summed E-state index contributed by atoms with van der Waals surface area (Å²) in [6, 6.07) is 5.98. The number of fused-ring (bicyclic) bond motifs is 1. The van der Waals surface area contributed by atoms with Gasteiger partial charge in [0.25, 0.3) is 0 Å². The Hall–Kier alpha value is -2.74. The van der Waals surface area contributed by atoms with E-state index in [-0.39, 0.29) is 5.92 Å². The molecule has 8 heteroatoms. The van der Waals surface area contributed by atoms with Gasteiger partial charge < -0.3 is 9.84 Å². The summed E-state index contributed by atoms with van der Waals surface area (Å²) in [6.45, 7) is 1.30. The lowest BCUT2D eigenvalue weighted by atomic mass is 9.72. The normalized spacial score (nSPS) is 31.3. The molecule has 1 saturated carbocycles. The average Bonchev–Trinajstić information content (AvgIpc) is 3.20. The van der Waals surface area contributed by atoms with Crippen molar-refractivity contribution in [2.75, 3.05) is 0 Å². The molecule has 2 aliphatic heterocycles. The van der Waals surface area contributed by atoms with Crippen LogP contribution in [0, 0.1) is 17.8 Å². The van der Waals surface area contributed by atoms with E-state index >= 15 is 0 Å². The van der Waals surface area contributed by atoms with Gasteiger partial charge in [0.05, 0.1) is 11.8 Å². The highest BCUT2D eigenvalue weighted by atomic mass is 16.5. The molecule has 0 radical (unpaired) electrons. The van der Waals surface area contributed by atoms with E-state index in [9.17, 15) is 24.3 Å². The second-order valence-electron chi connectivity index (χ2n) is 8.63. The SMILES string of the molecule is CC(=O)Oc1ccc(C2NC(CC3CCCCC3)(C(=O)O)C3C(=O)NC(=O)C23)cc1. The van der Waals surface area contributed by atoms with Crippen LogP contribution in [0.4, 0.5) is 0 Å². The summed E-state index contributed by atoms with van der Waals surface area (Å²) in [5, 5.41) is 15.8. The molecule has 0 aromatic heterocycles. The number of hydrogen-bond donors (Lipinski definition) is 3. The minimum absolute atomic E-state index is 0.205. The van der Waals surface area contributed by atoms with Crippen LogP contribution < -0.4 is 15.4 Å². The maximum absolute atomic E-state index is 12.7. The molecule has 3 fully saturated rings. The minimum Gasteiger partial charge on any atom is -0.480 e. The Labute approximate surface area is 174 Å². The van der Waals surface area contributed by atoms with Crippen molar-refractivity contribution in [3.63, 3.8) is 0 Å². The highest BCUT2D eigenvalue weighted by Crippen LogP contribution is 2.49. The van der Waals surface area contributed by atoms with E-state index in [0.29, 0.717) is 17.7 Å². The molecule has 160 valence electrons. The number of aliphatic carboxylic acids is 1. The summed E-state index contributed by atoms with van der Waals surface area (Å²) in [5.41, 5.74) is -0.806. The molecule has 3 aliphatic rings. The molecule has 3 N–H and O–H groups in total. The first-order valence-electron chi connectivity index (χ1n) is 10.5. The van der Waals surface area contributed by atoms with Crippen molar-refractivity contribution in [2.45, 2.75) is 57.0 Å². The largest absolute Gasteiger partial charge is 0.480 e. The first-order valence-corrected chi connectivity index (χ1v) is 10.5. The van der Waals surface area contributed by atoms with Gasteiger partial charge in [-0.05, 0) is 30.0 Å². The fourth-order valence-corrected chi connectivity index (χ4v) is 5.44. The third kappa shape index (κ3) is 3.49. The average molecular weight is 414 g/mol. The number of ether oxygens (including phenoxy) is 1. The van der Waals surface area contributed by atoms with E-state index in [1.165, 1.54) is 6.92 Å². The van der Waals surface area contributed by atoms with E-state index in [1.54, 1.807) is 24.3 Å². The van der Waals surface area contributed by atoms with Crippen LogP contribution in [0.1, 0.15) is 57.1 Å². The number of imide groups is 1. The standard InChI is InChI=1S/C22H26N2O6/c1-12(25)30-15-9-7-14(8-10-15)18-16-17(20(27)23-19(16)26)22(24-18,21(28)29)11-13-5-3-2-4-6-13/h7-10,13,16-18,24H,2-6,11H2,1H3,(H,28,29)(H,23,26,27). The zero-order valence-electron chi connectivity index (χ0n) is 16.8. The van der Waals surface area contributed by atoms with Gasteiger partial charge in [-0.2, -0.15) is 0 Å². The van der Waals surface area contributed by atoms with Crippen LogP contribution in [0.3, 0.4) is 0 Å². The van der Waals surface area contributed by atoms with Gasteiger partial charge in [0.2, 0.25) is 11.8 Å². The molecular formula is C22H26N2O6. The summed E-state index contributed by atoms with van der Waals surface area (Å²) in [7, 11) is 0. The Morgan fingerprint density at radius 1 is 1.10 bits per heavy atom. The van der Waals surface area contributed by atoms with E-state index < -0.39 is 47.2 Å². The van der Waals surface area contributed by atoms with Crippen molar-refractivity contribution >= 4 is 23.8 Å². The van der Waals surface area contributed by atoms with Crippen molar-refractivity contribution in [3.8, 4) is 5.75 Å². The maximum Gasteiger partial charge on any atom is 0.324 e. The zero-order chi connectivity index (χ0) is 21.5. The van der Waals surface area contributed by atoms with Crippen molar-refractivity contribution in [1.29, 1.82) is 0 Å². The van der Waals surface area contributed by atoms with Crippen LogP contribution in [0.15, 0.2) is 24.3 Å². The molecule has 0 spiro atoms. The molecule has 2 heterocycles. The highest BCUT2D eigenvalue weighted by molar-refractivity contribution is 6.09. The first kappa shape index (κ1) is 20.5. The molecule has 4 unspecified atom stereocenters. The van der Waals surface area contributed by atoms with Gasteiger partial charge in [-0.25, -0.2) is 0 Å². The molecule has 1 aromatic rings. The Morgan fingerprint density at radius 3 is 2.37 bits per heavy atom. The zero-order valence-corrected chi connectivity index (χ0v) is 16.8. The van der Waals surface area contributed by atoms with E-state index in [2.05, 4.69) is 10.6 Å². The Balaban J connectivity index is 1.68. The predicted octanol–water partition coefficient (Wildman–Crippen LogP) is 1.94. The van der Waals surface area contributed by atoms with Crippen LogP contribution in [0.5, 0.6) is 5.75 Å². The molecule has 4 rings (SSSR count). The van der Waals surface area contributed by atoms with Crippen LogP contribution in [0.2, 0.25) is 0 Å². The van der Waals surface area contributed by atoms with Crippen LogP contribution in [-0.4, -0.2) is 34.4 Å². The fourth-order valence-electron chi connectivity index (χ4n) is 5.44. The Bertz CT molecular complexity index is 876. The molecule has 2 saturated heterocycles. The summed E-state index contributed by atoms with van der Waals surface area (Å²) < 4.78 is 5.05. The van der Waals surface area contributed by atoms with Crippen molar-refractivity contribution in [2.24, 2.45) is 17.8 Å². The number of nitrogens with one attached hydrogen (secondary N) is 2. The Kier molecular flexibility index (Phi) is 5.36. The van der Waals surface area contributed by atoms with Gasteiger partial charge >= 0.3 is 11.9 Å². The van der Waals surface area contributed by atoms with Gasteiger partial charge in [-0.1, -0.05) is 44.2 Å². The van der Waals surface area contributed by atoms with E-state index in [4.69, 9.17) is 4.74 Å². The number of benzene rings is 1. The van der Waals surface area contributed by atoms with Crippen molar-refractivity contribution in [3.05, 3.63) is 29.8 Å². The van der Waals surface area contributed by atoms with Gasteiger partial charge in [-0.15, -0.1) is 0 Å². The third-order valence-electron chi connectivity index (χ3n) is 6.71. The molecule has 30 heavy (non-hydrogen) atoms. The molecule has 4 atom stereocenters. The molecule has 2 amide bonds. The summed E-state index contributed by atoms with van der Waals surface area (Å²) in [6.07, 6.45) is 5.46. The van der Waals surface area contributed by atoms with E-state index in [0.717, 1.165) is 32.1 Å². The molecule has 0 bridgehead atoms. The fraction of sp³-hybridized carbons (Fsp3) is 0.545. The quantitative estimate of drug-likeness (QED) is 0.382. The molecule has 8 nitrogen and oxygen atoms in total. The first-order chi connectivity index (χ1) is 14.3. The topological polar surface area (TPSA) is 122 Å². The Morgan fingerprint density at radius 2 is 1.77 bits per heavy atom. The van der Waals surface area contributed by atoms with Crippen LogP contribution in [-0.2, 0) is 19.2 Å². The summed E-state index contributed by atoms with van der Waals surface area (Å²) >= 11 is 0. The van der Waals surface area contributed by atoms with Gasteiger partial charge in [0.1, 0.15) is 11.3 Å². The third-order valence-corrected chi connectivity index (χ3v) is 6.71.